The number of hydrogen-bond acceptors (Lipinski definition) is 7. The highest BCUT2D eigenvalue weighted by molar-refractivity contribution is 7.88. The average molecular weight is 384 g/mol. The Kier molecular flexibility index (Phi) is 4.25. The Morgan fingerprint density at radius 1 is 1.22 bits per heavy atom. The van der Waals surface area contributed by atoms with Crippen LogP contribution in [0.1, 0.15) is 23.2 Å². The highest BCUT2D eigenvalue weighted by Gasteiger charge is 2.47. The van der Waals surface area contributed by atoms with Gasteiger partial charge in [0.05, 0.1) is 17.5 Å². The standard InChI is InChI=1S/C18H20N6O2S/c1-12-16(6-5-13-4-3-7-20-9-13)17(22-18(19)21-12)23-10-15-8-14(23)11-24(15)27(2,25)26/h3-4,7,9,14-15H,8,10-11H2,1-2H3,(H2,19,21,22). The van der Waals surface area contributed by atoms with Crippen LogP contribution in [0.3, 0.4) is 0 Å². The first-order valence-corrected chi connectivity index (χ1v) is 10.5. The molecule has 0 radical (unpaired) electrons. The monoisotopic (exact) mass is 384 g/mol. The fraction of sp³-hybridized carbons (Fsp3) is 0.389. The normalized spacial score (nSPS) is 21.9. The molecule has 2 N–H and O–H groups in total. The first-order valence-electron chi connectivity index (χ1n) is 8.62. The van der Waals surface area contributed by atoms with Gasteiger partial charge in [-0.15, -0.1) is 0 Å². The van der Waals surface area contributed by atoms with Crippen LogP contribution in [-0.4, -0.2) is 59.1 Å². The van der Waals surface area contributed by atoms with Gasteiger partial charge in [-0.05, 0) is 25.5 Å². The third-order valence-electron chi connectivity index (χ3n) is 4.97. The van der Waals surface area contributed by atoms with E-state index in [9.17, 15) is 8.42 Å². The van der Waals surface area contributed by atoms with Crippen molar-refractivity contribution in [1.82, 2.24) is 19.3 Å². The SMILES string of the molecule is Cc1nc(N)nc(N2CC3CC2CN3S(C)(=O)=O)c1C#Cc1cccnc1. The van der Waals surface area contributed by atoms with Crippen molar-refractivity contribution in [2.75, 3.05) is 30.0 Å². The first-order chi connectivity index (χ1) is 12.8. The van der Waals surface area contributed by atoms with E-state index in [1.54, 1.807) is 16.7 Å². The molecule has 2 bridgehead atoms. The number of fused-ring (bicyclic) bond motifs is 2. The van der Waals surface area contributed by atoms with Gasteiger partial charge in [0.2, 0.25) is 16.0 Å². The molecule has 0 spiro atoms. The van der Waals surface area contributed by atoms with Crippen LogP contribution in [0.5, 0.6) is 0 Å². The molecular formula is C18H20N6O2S. The maximum atomic E-state index is 11.9. The molecule has 2 aliphatic heterocycles. The minimum Gasteiger partial charge on any atom is -0.368 e. The fourth-order valence-electron chi connectivity index (χ4n) is 3.80. The van der Waals surface area contributed by atoms with Crippen LogP contribution < -0.4 is 10.6 Å². The molecule has 27 heavy (non-hydrogen) atoms. The highest BCUT2D eigenvalue weighted by Crippen LogP contribution is 2.36. The van der Waals surface area contributed by atoms with Crippen molar-refractivity contribution >= 4 is 21.8 Å². The number of aromatic nitrogens is 3. The predicted octanol–water partition coefficient (Wildman–Crippen LogP) is 0.385. The van der Waals surface area contributed by atoms with E-state index in [1.165, 1.54) is 6.26 Å². The second-order valence-electron chi connectivity index (χ2n) is 6.89. The molecule has 2 unspecified atom stereocenters. The van der Waals surface area contributed by atoms with Crippen molar-refractivity contribution < 1.29 is 8.42 Å². The van der Waals surface area contributed by atoms with Crippen LogP contribution >= 0.6 is 0 Å². The molecule has 0 aromatic carbocycles. The Morgan fingerprint density at radius 3 is 2.67 bits per heavy atom. The van der Waals surface area contributed by atoms with Gasteiger partial charge in [-0.3, -0.25) is 4.98 Å². The summed E-state index contributed by atoms with van der Waals surface area (Å²) in [6, 6.07) is 3.74. The third-order valence-corrected chi connectivity index (χ3v) is 6.27. The van der Waals surface area contributed by atoms with E-state index in [1.807, 2.05) is 19.1 Å². The van der Waals surface area contributed by atoms with Gasteiger partial charge < -0.3 is 10.6 Å². The number of piperazine rings is 1. The molecule has 0 saturated carbocycles. The van der Waals surface area contributed by atoms with Gasteiger partial charge in [-0.25, -0.2) is 13.4 Å². The first kappa shape index (κ1) is 17.7. The molecule has 8 nitrogen and oxygen atoms in total. The van der Waals surface area contributed by atoms with Gasteiger partial charge in [0, 0.05) is 43.1 Å². The van der Waals surface area contributed by atoms with E-state index in [-0.39, 0.29) is 18.0 Å². The van der Waals surface area contributed by atoms with E-state index in [2.05, 4.69) is 31.7 Å². The molecule has 2 aromatic heterocycles. The summed E-state index contributed by atoms with van der Waals surface area (Å²) in [6.07, 6.45) is 5.44. The minimum atomic E-state index is -3.20. The van der Waals surface area contributed by atoms with Gasteiger partial charge in [-0.1, -0.05) is 11.8 Å². The molecule has 9 heteroatoms. The maximum absolute atomic E-state index is 11.9. The van der Waals surface area contributed by atoms with Crippen LogP contribution in [0.15, 0.2) is 24.5 Å². The lowest BCUT2D eigenvalue weighted by molar-refractivity contribution is 0.370. The third kappa shape index (κ3) is 3.34. The number of aryl methyl sites for hydroxylation is 1. The number of pyridine rings is 1. The molecule has 4 rings (SSSR count). The maximum Gasteiger partial charge on any atom is 0.222 e. The molecule has 2 aromatic rings. The quantitative estimate of drug-likeness (QED) is 0.747. The lowest BCUT2D eigenvalue weighted by Gasteiger charge is -2.34. The van der Waals surface area contributed by atoms with E-state index in [0.717, 1.165) is 12.0 Å². The fourth-order valence-corrected chi connectivity index (χ4v) is 4.94. The smallest absolute Gasteiger partial charge is 0.222 e. The number of nitrogen functional groups attached to an aromatic ring is 1. The van der Waals surface area contributed by atoms with E-state index in [0.29, 0.717) is 30.2 Å². The topological polar surface area (TPSA) is 105 Å². The summed E-state index contributed by atoms with van der Waals surface area (Å²) >= 11 is 0. The van der Waals surface area contributed by atoms with Crippen molar-refractivity contribution in [3.63, 3.8) is 0 Å². The molecular weight excluding hydrogens is 364 g/mol. The zero-order valence-electron chi connectivity index (χ0n) is 15.1. The molecule has 2 aliphatic rings. The summed E-state index contributed by atoms with van der Waals surface area (Å²) in [4.78, 5) is 14.9. The minimum absolute atomic E-state index is 0.0411. The van der Waals surface area contributed by atoms with Crippen molar-refractivity contribution in [3.05, 3.63) is 41.3 Å². The Morgan fingerprint density at radius 2 is 2.04 bits per heavy atom. The van der Waals surface area contributed by atoms with E-state index in [4.69, 9.17) is 5.73 Å². The Bertz CT molecular complexity index is 1040. The summed E-state index contributed by atoms with van der Waals surface area (Å²) in [5.74, 6) is 7.12. The van der Waals surface area contributed by atoms with Crippen molar-refractivity contribution in [1.29, 1.82) is 0 Å². The molecule has 2 saturated heterocycles. The molecule has 2 fully saturated rings. The van der Waals surface area contributed by atoms with Crippen LogP contribution in [-0.2, 0) is 10.0 Å². The van der Waals surface area contributed by atoms with Crippen molar-refractivity contribution in [3.8, 4) is 11.8 Å². The van der Waals surface area contributed by atoms with E-state index < -0.39 is 10.0 Å². The molecule has 0 aliphatic carbocycles. The Labute approximate surface area is 158 Å². The number of anilines is 2. The molecule has 0 amide bonds. The largest absolute Gasteiger partial charge is 0.368 e. The van der Waals surface area contributed by atoms with Gasteiger partial charge in [0.1, 0.15) is 0 Å². The summed E-state index contributed by atoms with van der Waals surface area (Å²) in [5, 5.41) is 0. The van der Waals surface area contributed by atoms with E-state index >= 15 is 0 Å². The summed E-state index contributed by atoms with van der Waals surface area (Å²) in [7, 11) is -3.20. The Balaban J connectivity index is 1.70. The van der Waals surface area contributed by atoms with Crippen LogP contribution in [0.4, 0.5) is 11.8 Å². The zero-order valence-corrected chi connectivity index (χ0v) is 15.9. The summed E-state index contributed by atoms with van der Waals surface area (Å²) in [6.45, 7) is 2.89. The number of rotatable bonds is 2. The molecule has 2 atom stereocenters. The highest BCUT2D eigenvalue weighted by atomic mass is 32.2. The van der Waals surface area contributed by atoms with Gasteiger partial charge in [-0.2, -0.15) is 9.29 Å². The lowest BCUT2D eigenvalue weighted by Crippen LogP contribution is -2.49. The predicted molar refractivity (Wildman–Crippen MR) is 102 cm³/mol. The lowest BCUT2D eigenvalue weighted by atomic mass is 10.1. The number of nitrogens with two attached hydrogens (primary N) is 1. The van der Waals surface area contributed by atoms with Crippen LogP contribution in [0.25, 0.3) is 0 Å². The molecule has 4 heterocycles. The van der Waals surface area contributed by atoms with Gasteiger partial charge >= 0.3 is 0 Å². The van der Waals surface area contributed by atoms with Crippen LogP contribution in [0, 0.1) is 18.8 Å². The van der Waals surface area contributed by atoms with Crippen molar-refractivity contribution in [2.45, 2.75) is 25.4 Å². The Hall–Kier alpha value is -2.70. The van der Waals surface area contributed by atoms with Crippen molar-refractivity contribution in [2.24, 2.45) is 0 Å². The second-order valence-corrected chi connectivity index (χ2v) is 8.82. The number of sulfonamides is 1. The number of hydrogen-bond donors (Lipinski definition) is 1. The second kappa shape index (κ2) is 6.48. The molecule has 140 valence electrons. The average Bonchev–Trinajstić information content (AvgIpc) is 3.21. The summed E-state index contributed by atoms with van der Waals surface area (Å²) in [5.41, 5.74) is 8.10. The van der Waals surface area contributed by atoms with Gasteiger partial charge in [0.15, 0.2) is 5.82 Å². The van der Waals surface area contributed by atoms with Gasteiger partial charge in [0.25, 0.3) is 0 Å². The number of nitrogens with zero attached hydrogens (tertiary/aromatic N) is 5. The van der Waals surface area contributed by atoms with Crippen LogP contribution in [0.2, 0.25) is 0 Å². The zero-order chi connectivity index (χ0) is 19.2. The summed E-state index contributed by atoms with van der Waals surface area (Å²) < 4.78 is 25.4.